The van der Waals surface area contributed by atoms with E-state index in [1.807, 2.05) is 0 Å². The molecule has 1 aliphatic heterocycles. The number of carbonyl (C=O) groups is 2. The first-order valence-electron chi connectivity index (χ1n) is 5.38. The van der Waals surface area contributed by atoms with Crippen molar-refractivity contribution in [2.45, 2.75) is 6.04 Å². The number of nitrogens with zero attached hydrogens (tertiary/aromatic N) is 1. The molecule has 18 heavy (non-hydrogen) atoms. The smallest absolute Gasteiger partial charge is 0.327 e. The third-order valence-electron chi connectivity index (χ3n) is 2.72. The molecule has 0 bridgehead atoms. The zero-order chi connectivity index (χ0) is 13.1. The first-order chi connectivity index (χ1) is 8.65. The first kappa shape index (κ1) is 13.2. The summed E-state index contributed by atoms with van der Waals surface area (Å²) in [5, 5.41) is 10.9. The lowest BCUT2D eigenvalue weighted by Gasteiger charge is -2.32. The van der Waals surface area contributed by atoms with E-state index in [2.05, 4.69) is 0 Å². The third-order valence-corrected chi connectivity index (χ3v) is 4.62. The van der Waals surface area contributed by atoms with Gasteiger partial charge in [-0.25, -0.2) is 4.79 Å². The summed E-state index contributed by atoms with van der Waals surface area (Å²) >= 11 is 2.83. The molecule has 1 saturated heterocycles. The van der Waals surface area contributed by atoms with E-state index in [4.69, 9.17) is 9.84 Å². The Hall–Kier alpha value is -1.21. The van der Waals surface area contributed by atoms with Crippen molar-refractivity contribution in [2.75, 3.05) is 25.2 Å². The van der Waals surface area contributed by atoms with Crippen LogP contribution in [0.5, 0.6) is 5.75 Å². The van der Waals surface area contributed by atoms with Crippen LogP contribution in [-0.2, 0) is 4.79 Å². The largest absolute Gasteiger partial charge is 0.495 e. The highest BCUT2D eigenvalue weighted by Gasteiger charge is 2.34. The van der Waals surface area contributed by atoms with Crippen molar-refractivity contribution >= 4 is 35.0 Å². The van der Waals surface area contributed by atoms with Gasteiger partial charge in [0.25, 0.3) is 5.91 Å². The Morgan fingerprint density at radius 1 is 1.56 bits per heavy atom. The molecule has 0 radical (unpaired) electrons. The van der Waals surface area contributed by atoms with Gasteiger partial charge in [-0.05, 0) is 11.4 Å². The Balaban J connectivity index is 2.23. The van der Waals surface area contributed by atoms with Crippen LogP contribution in [0.15, 0.2) is 11.4 Å². The molecule has 0 saturated carbocycles. The lowest BCUT2D eigenvalue weighted by atomic mass is 10.2. The zero-order valence-corrected chi connectivity index (χ0v) is 11.4. The van der Waals surface area contributed by atoms with E-state index in [0.29, 0.717) is 22.9 Å². The maximum absolute atomic E-state index is 12.3. The summed E-state index contributed by atoms with van der Waals surface area (Å²) in [4.78, 5) is 25.4. The second-order valence-electron chi connectivity index (χ2n) is 3.75. The summed E-state index contributed by atoms with van der Waals surface area (Å²) in [5.41, 5.74) is 0. The van der Waals surface area contributed by atoms with E-state index < -0.39 is 12.0 Å². The van der Waals surface area contributed by atoms with Gasteiger partial charge in [-0.15, -0.1) is 11.3 Å². The second kappa shape index (κ2) is 5.62. The number of ether oxygens (including phenoxy) is 1. The molecule has 2 rings (SSSR count). The fourth-order valence-electron chi connectivity index (χ4n) is 1.80. The number of thiophene rings is 1. The number of amides is 1. The summed E-state index contributed by atoms with van der Waals surface area (Å²) in [6.07, 6.45) is 0. The fourth-order valence-corrected chi connectivity index (χ4v) is 3.65. The normalized spacial score (nSPS) is 19.6. The van der Waals surface area contributed by atoms with E-state index in [1.54, 1.807) is 23.2 Å². The van der Waals surface area contributed by atoms with Crippen molar-refractivity contribution in [3.05, 3.63) is 16.3 Å². The Kier molecular flexibility index (Phi) is 4.13. The van der Waals surface area contributed by atoms with Gasteiger partial charge >= 0.3 is 5.97 Å². The van der Waals surface area contributed by atoms with Gasteiger partial charge in [0.15, 0.2) is 0 Å². The number of rotatable bonds is 3. The minimum Gasteiger partial charge on any atom is -0.495 e. The lowest BCUT2D eigenvalue weighted by Crippen LogP contribution is -2.50. The van der Waals surface area contributed by atoms with Crippen molar-refractivity contribution in [3.63, 3.8) is 0 Å². The predicted molar refractivity (Wildman–Crippen MR) is 70.7 cm³/mol. The van der Waals surface area contributed by atoms with Crippen LogP contribution in [-0.4, -0.2) is 53.1 Å². The molecular weight excluding hydrogens is 274 g/mol. The molecule has 98 valence electrons. The highest BCUT2D eigenvalue weighted by atomic mass is 32.2. The molecule has 2 heterocycles. The van der Waals surface area contributed by atoms with E-state index in [1.165, 1.54) is 23.3 Å². The third kappa shape index (κ3) is 2.46. The number of methoxy groups -OCH3 is 1. The number of thioether (sulfide) groups is 1. The lowest BCUT2D eigenvalue weighted by molar-refractivity contribution is -0.141. The highest BCUT2D eigenvalue weighted by Crippen LogP contribution is 2.28. The molecule has 1 N–H and O–H groups in total. The molecule has 1 aliphatic rings. The van der Waals surface area contributed by atoms with Gasteiger partial charge < -0.3 is 14.7 Å². The summed E-state index contributed by atoms with van der Waals surface area (Å²) in [6, 6.07) is 0.967. The molecule has 5 nitrogen and oxygen atoms in total. The van der Waals surface area contributed by atoms with Crippen molar-refractivity contribution < 1.29 is 19.4 Å². The minimum absolute atomic E-state index is 0.255. The van der Waals surface area contributed by atoms with Crippen LogP contribution in [0.3, 0.4) is 0 Å². The van der Waals surface area contributed by atoms with Crippen LogP contribution in [0.2, 0.25) is 0 Å². The van der Waals surface area contributed by atoms with Gasteiger partial charge in [0.1, 0.15) is 16.7 Å². The van der Waals surface area contributed by atoms with Gasteiger partial charge in [0.2, 0.25) is 0 Å². The molecule has 1 aromatic heterocycles. The number of hydrogen-bond acceptors (Lipinski definition) is 5. The van der Waals surface area contributed by atoms with Crippen LogP contribution in [0, 0.1) is 0 Å². The Morgan fingerprint density at radius 2 is 2.33 bits per heavy atom. The van der Waals surface area contributed by atoms with E-state index in [9.17, 15) is 9.59 Å². The second-order valence-corrected chi connectivity index (χ2v) is 5.81. The van der Waals surface area contributed by atoms with Gasteiger partial charge in [0, 0.05) is 18.1 Å². The summed E-state index contributed by atoms with van der Waals surface area (Å²) in [7, 11) is 1.50. The highest BCUT2D eigenvalue weighted by molar-refractivity contribution is 7.99. The number of carboxylic acids is 1. The predicted octanol–water partition coefficient (Wildman–Crippen LogP) is 1.40. The molecule has 1 aromatic rings. The number of carboxylic acid groups (broad SMARTS) is 1. The number of carbonyl (C=O) groups excluding carboxylic acids is 1. The van der Waals surface area contributed by atoms with Crippen molar-refractivity contribution in [2.24, 2.45) is 0 Å². The van der Waals surface area contributed by atoms with E-state index >= 15 is 0 Å². The average Bonchev–Trinajstić information content (AvgIpc) is 2.86. The standard InChI is InChI=1S/C11H13NO4S2/c1-16-8-2-4-18-9(8)10(13)12-3-5-17-6-7(12)11(14)15/h2,4,7H,3,5-6H2,1H3,(H,14,15). The quantitative estimate of drug-likeness (QED) is 0.910. The van der Waals surface area contributed by atoms with Crippen LogP contribution >= 0.6 is 23.1 Å². The van der Waals surface area contributed by atoms with Crippen LogP contribution in [0.4, 0.5) is 0 Å². The molecule has 7 heteroatoms. The van der Waals surface area contributed by atoms with E-state index in [-0.39, 0.29) is 5.91 Å². The van der Waals surface area contributed by atoms with Gasteiger partial charge in [-0.3, -0.25) is 4.79 Å². The molecule has 1 unspecified atom stereocenters. The maximum atomic E-state index is 12.3. The summed E-state index contributed by atoms with van der Waals surface area (Å²) < 4.78 is 5.10. The van der Waals surface area contributed by atoms with Crippen molar-refractivity contribution in [1.82, 2.24) is 4.90 Å². The summed E-state index contributed by atoms with van der Waals surface area (Å²) in [5.74, 6) is 0.505. The maximum Gasteiger partial charge on any atom is 0.327 e. The average molecular weight is 287 g/mol. The SMILES string of the molecule is COc1ccsc1C(=O)N1CCSCC1C(=O)O. The van der Waals surface area contributed by atoms with Crippen molar-refractivity contribution in [3.8, 4) is 5.75 Å². The molecule has 1 fully saturated rings. The van der Waals surface area contributed by atoms with Crippen LogP contribution in [0.1, 0.15) is 9.67 Å². The molecular formula is C11H13NO4S2. The fraction of sp³-hybridized carbons (Fsp3) is 0.455. The van der Waals surface area contributed by atoms with Gasteiger partial charge in [-0.2, -0.15) is 11.8 Å². The van der Waals surface area contributed by atoms with Crippen LogP contribution in [0.25, 0.3) is 0 Å². The number of hydrogen-bond donors (Lipinski definition) is 1. The monoisotopic (exact) mass is 287 g/mol. The minimum atomic E-state index is -0.953. The molecule has 1 amide bonds. The molecule has 0 aliphatic carbocycles. The molecule has 1 atom stereocenters. The van der Waals surface area contributed by atoms with Gasteiger partial charge in [-0.1, -0.05) is 0 Å². The molecule has 0 spiro atoms. The summed E-state index contributed by atoms with van der Waals surface area (Å²) in [6.45, 7) is 0.460. The van der Waals surface area contributed by atoms with Gasteiger partial charge in [0.05, 0.1) is 7.11 Å². The number of aliphatic carboxylic acids is 1. The Labute approximate surface area is 113 Å². The van der Waals surface area contributed by atoms with Crippen LogP contribution < -0.4 is 4.74 Å². The van der Waals surface area contributed by atoms with Crippen molar-refractivity contribution in [1.29, 1.82) is 0 Å². The first-order valence-corrected chi connectivity index (χ1v) is 7.41. The molecule has 0 aromatic carbocycles. The Bertz CT molecular complexity index is 460. The van der Waals surface area contributed by atoms with E-state index in [0.717, 1.165) is 5.75 Å². The Morgan fingerprint density at radius 3 is 3.00 bits per heavy atom. The zero-order valence-electron chi connectivity index (χ0n) is 9.79. The topological polar surface area (TPSA) is 66.8 Å².